The van der Waals surface area contributed by atoms with Gasteiger partial charge in [-0.1, -0.05) is 17.7 Å². The summed E-state index contributed by atoms with van der Waals surface area (Å²) in [5, 5.41) is 4.92. The standard InChI is InChI=1S/C20H21ClN4O2.ClH/c1-13-3-4-14(21)11-17(13)23-19-15-5-6-24(2)18(15)16(12-22-19)20(26)25-7-9-27-10-8-25;/h3-6,11-12H,7-10H2,1-2H3,(H,22,23);1H. The Morgan fingerprint density at radius 1 is 1.25 bits per heavy atom. The van der Waals surface area contributed by atoms with Crippen LogP contribution in [0.4, 0.5) is 11.5 Å². The topological polar surface area (TPSA) is 59.4 Å². The third-order valence-corrected chi connectivity index (χ3v) is 5.12. The smallest absolute Gasteiger partial charge is 0.257 e. The molecule has 8 heteroatoms. The number of aryl methyl sites for hydroxylation is 2. The average Bonchev–Trinajstić information content (AvgIpc) is 3.07. The Hall–Kier alpha value is -2.28. The van der Waals surface area contributed by atoms with Gasteiger partial charge >= 0.3 is 0 Å². The van der Waals surface area contributed by atoms with Crippen molar-refractivity contribution in [3.8, 4) is 0 Å². The molecule has 0 aliphatic carbocycles. The third-order valence-electron chi connectivity index (χ3n) is 4.89. The van der Waals surface area contributed by atoms with Crippen molar-refractivity contribution in [2.75, 3.05) is 31.6 Å². The SMILES string of the molecule is Cc1ccc(Cl)cc1Nc1ncc(C(=O)N2CCOCC2)c2c1ccn2C.Cl. The Balaban J connectivity index is 0.00000225. The maximum absolute atomic E-state index is 13.0. The summed E-state index contributed by atoms with van der Waals surface area (Å²) in [5.74, 6) is 0.692. The first-order valence-electron chi connectivity index (χ1n) is 8.89. The van der Waals surface area contributed by atoms with Crippen molar-refractivity contribution in [3.05, 3.63) is 52.8 Å². The van der Waals surface area contributed by atoms with E-state index in [9.17, 15) is 4.79 Å². The first kappa shape index (κ1) is 20.5. The number of hydrogen-bond acceptors (Lipinski definition) is 4. The van der Waals surface area contributed by atoms with Crippen LogP contribution in [0.15, 0.2) is 36.7 Å². The number of aromatic nitrogens is 2. The Morgan fingerprint density at radius 2 is 2.00 bits per heavy atom. The van der Waals surface area contributed by atoms with Crippen LogP contribution in [0.25, 0.3) is 10.9 Å². The summed E-state index contributed by atoms with van der Waals surface area (Å²) in [6, 6.07) is 7.67. The molecule has 1 N–H and O–H groups in total. The van der Waals surface area contributed by atoms with Gasteiger partial charge in [0.25, 0.3) is 5.91 Å². The quantitative estimate of drug-likeness (QED) is 0.690. The number of nitrogens with zero attached hydrogens (tertiary/aromatic N) is 3. The van der Waals surface area contributed by atoms with Crippen molar-refractivity contribution in [2.45, 2.75) is 6.92 Å². The number of carbonyl (C=O) groups excluding carboxylic acids is 1. The zero-order valence-corrected chi connectivity index (χ0v) is 17.3. The molecule has 3 heterocycles. The minimum atomic E-state index is -0.0110. The van der Waals surface area contributed by atoms with Gasteiger partial charge in [0.05, 0.1) is 24.3 Å². The number of halogens is 2. The summed E-state index contributed by atoms with van der Waals surface area (Å²) in [6.45, 7) is 4.36. The summed E-state index contributed by atoms with van der Waals surface area (Å²) in [6.07, 6.45) is 3.60. The molecule has 0 radical (unpaired) electrons. The molecule has 0 atom stereocenters. The van der Waals surface area contributed by atoms with E-state index >= 15 is 0 Å². The van der Waals surface area contributed by atoms with Crippen molar-refractivity contribution < 1.29 is 9.53 Å². The molecule has 0 saturated carbocycles. The molecule has 0 unspecified atom stereocenters. The molecule has 2 aromatic heterocycles. The molecule has 1 aliphatic heterocycles. The van der Waals surface area contributed by atoms with Crippen molar-refractivity contribution in [1.29, 1.82) is 0 Å². The van der Waals surface area contributed by atoms with E-state index in [4.69, 9.17) is 16.3 Å². The number of fused-ring (bicyclic) bond motifs is 1. The summed E-state index contributed by atoms with van der Waals surface area (Å²) in [7, 11) is 1.94. The minimum absolute atomic E-state index is 0. The van der Waals surface area contributed by atoms with E-state index in [1.807, 2.05) is 53.9 Å². The molecule has 6 nitrogen and oxygen atoms in total. The van der Waals surface area contributed by atoms with Crippen molar-refractivity contribution >= 4 is 52.3 Å². The number of carbonyl (C=O) groups is 1. The highest BCUT2D eigenvalue weighted by Crippen LogP contribution is 2.30. The summed E-state index contributed by atoms with van der Waals surface area (Å²) in [4.78, 5) is 19.4. The van der Waals surface area contributed by atoms with E-state index in [1.165, 1.54) is 0 Å². The van der Waals surface area contributed by atoms with Crippen LogP contribution in [0.1, 0.15) is 15.9 Å². The van der Waals surface area contributed by atoms with Crippen molar-refractivity contribution in [3.63, 3.8) is 0 Å². The second-order valence-electron chi connectivity index (χ2n) is 6.70. The molecular formula is C20H22Cl2N4O2. The number of anilines is 2. The summed E-state index contributed by atoms with van der Waals surface area (Å²) >= 11 is 6.13. The lowest BCUT2D eigenvalue weighted by atomic mass is 10.1. The maximum atomic E-state index is 13.0. The highest BCUT2D eigenvalue weighted by atomic mass is 35.5. The van der Waals surface area contributed by atoms with Crippen LogP contribution in [0.3, 0.4) is 0 Å². The first-order chi connectivity index (χ1) is 13.0. The van der Waals surface area contributed by atoms with E-state index in [1.54, 1.807) is 6.20 Å². The Labute approximate surface area is 174 Å². The largest absolute Gasteiger partial charge is 0.378 e. The highest BCUT2D eigenvalue weighted by Gasteiger charge is 2.23. The van der Waals surface area contributed by atoms with Crippen LogP contribution in [0.5, 0.6) is 0 Å². The molecule has 3 aromatic rings. The van der Waals surface area contributed by atoms with E-state index in [0.29, 0.717) is 42.7 Å². The number of benzene rings is 1. The molecule has 1 fully saturated rings. The van der Waals surface area contributed by atoms with Gasteiger partial charge in [-0.05, 0) is 30.7 Å². The second-order valence-corrected chi connectivity index (χ2v) is 7.13. The molecule has 0 spiro atoms. The minimum Gasteiger partial charge on any atom is -0.378 e. The monoisotopic (exact) mass is 420 g/mol. The first-order valence-corrected chi connectivity index (χ1v) is 9.26. The van der Waals surface area contributed by atoms with Gasteiger partial charge in [-0.25, -0.2) is 4.98 Å². The van der Waals surface area contributed by atoms with Crippen LogP contribution in [0, 0.1) is 6.92 Å². The number of rotatable bonds is 3. The van der Waals surface area contributed by atoms with Gasteiger partial charge in [0.1, 0.15) is 5.82 Å². The molecule has 1 amide bonds. The lowest BCUT2D eigenvalue weighted by Gasteiger charge is -2.27. The molecule has 28 heavy (non-hydrogen) atoms. The van der Waals surface area contributed by atoms with Gasteiger partial charge in [0.2, 0.25) is 0 Å². The highest BCUT2D eigenvalue weighted by molar-refractivity contribution is 6.30. The van der Waals surface area contributed by atoms with Gasteiger partial charge in [-0.3, -0.25) is 4.79 Å². The number of amides is 1. The van der Waals surface area contributed by atoms with E-state index in [0.717, 1.165) is 22.2 Å². The number of pyridine rings is 1. The summed E-state index contributed by atoms with van der Waals surface area (Å²) < 4.78 is 7.31. The third kappa shape index (κ3) is 3.81. The van der Waals surface area contributed by atoms with Crippen LogP contribution in [0.2, 0.25) is 5.02 Å². The van der Waals surface area contributed by atoms with Gasteiger partial charge in [-0.2, -0.15) is 0 Å². The molecule has 1 saturated heterocycles. The van der Waals surface area contributed by atoms with Crippen LogP contribution >= 0.6 is 24.0 Å². The van der Waals surface area contributed by atoms with Crippen molar-refractivity contribution in [1.82, 2.24) is 14.5 Å². The van der Waals surface area contributed by atoms with Gasteiger partial charge in [0, 0.05) is 48.6 Å². The molecule has 148 valence electrons. The number of morpholine rings is 1. The van der Waals surface area contributed by atoms with Gasteiger partial charge in [-0.15, -0.1) is 12.4 Å². The zero-order valence-electron chi connectivity index (χ0n) is 15.7. The fraction of sp³-hybridized carbons (Fsp3) is 0.300. The molecule has 1 aliphatic rings. The Bertz CT molecular complexity index is 1010. The Kier molecular flexibility index (Phi) is 6.13. The number of ether oxygens (including phenoxy) is 1. The second kappa shape index (κ2) is 8.39. The average molecular weight is 421 g/mol. The van der Waals surface area contributed by atoms with E-state index in [2.05, 4.69) is 10.3 Å². The predicted molar refractivity (Wildman–Crippen MR) is 114 cm³/mol. The van der Waals surface area contributed by atoms with E-state index < -0.39 is 0 Å². The fourth-order valence-corrected chi connectivity index (χ4v) is 3.54. The van der Waals surface area contributed by atoms with Crippen LogP contribution in [-0.4, -0.2) is 46.7 Å². The normalized spacial score (nSPS) is 14.0. The lowest BCUT2D eigenvalue weighted by molar-refractivity contribution is 0.0303. The van der Waals surface area contributed by atoms with Gasteiger partial charge < -0.3 is 19.5 Å². The molecule has 0 bridgehead atoms. The van der Waals surface area contributed by atoms with Crippen LogP contribution in [-0.2, 0) is 11.8 Å². The predicted octanol–water partition coefficient (Wildman–Crippen LogP) is 4.17. The fourth-order valence-electron chi connectivity index (χ4n) is 3.37. The molecule has 4 rings (SSSR count). The summed E-state index contributed by atoms with van der Waals surface area (Å²) in [5.41, 5.74) is 3.43. The number of hydrogen-bond donors (Lipinski definition) is 1. The molecular weight excluding hydrogens is 399 g/mol. The lowest BCUT2D eigenvalue weighted by Crippen LogP contribution is -2.40. The van der Waals surface area contributed by atoms with Crippen molar-refractivity contribution in [2.24, 2.45) is 7.05 Å². The van der Waals surface area contributed by atoms with Gasteiger partial charge in [0.15, 0.2) is 0 Å². The Morgan fingerprint density at radius 3 is 2.75 bits per heavy atom. The maximum Gasteiger partial charge on any atom is 0.257 e. The zero-order chi connectivity index (χ0) is 19.0. The molecule has 1 aromatic carbocycles. The van der Waals surface area contributed by atoms with Crippen LogP contribution < -0.4 is 5.32 Å². The van der Waals surface area contributed by atoms with E-state index in [-0.39, 0.29) is 18.3 Å². The number of nitrogens with one attached hydrogen (secondary N) is 1.